The van der Waals surface area contributed by atoms with Crippen LogP contribution in [0.3, 0.4) is 0 Å². The molecule has 1 rings (SSSR count). The first-order valence-corrected chi connectivity index (χ1v) is 15.0. The summed E-state index contributed by atoms with van der Waals surface area (Å²) in [6, 6.07) is 3.92. The second-order valence-electron chi connectivity index (χ2n) is 12.9. The number of hydrogen-bond donors (Lipinski definition) is 0. The summed E-state index contributed by atoms with van der Waals surface area (Å²) >= 11 is 1.85. The highest BCUT2D eigenvalue weighted by molar-refractivity contribution is 7.99. The maximum absolute atomic E-state index is 12.7. The molecule has 0 atom stereocenters. The second-order valence-corrected chi connectivity index (χ2v) is 14.1. The van der Waals surface area contributed by atoms with Crippen molar-refractivity contribution in [1.29, 1.82) is 0 Å². The Kier molecular flexibility index (Phi) is 13.6. The zero-order valence-corrected chi connectivity index (χ0v) is 26.0. The molecule has 1 aromatic rings. The lowest BCUT2D eigenvalue weighted by Gasteiger charge is -2.30. The SMILES string of the molecule is CCCCCCCCSCCOC(=O)Cc1cc(C(C)(C)C)c(OC(=O)OC(C)(C)C)c(C(C)(C)C)c1. The minimum Gasteiger partial charge on any atom is -0.465 e. The van der Waals surface area contributed by atoms with Crippen LogP contribution < -0.4 is 4.74 Å². The minimum absolute atomic E-state index is 0.182. The van der Waals surface area contributed by atoms with E-state index in [1.807, 2.05) is 44.7 Å². The summed E-state index contributed by atoms with van der Waals surface area (Å²) in [6.45, 7) is 20.5. The minimum atomic E-state index is -0.728. The predicted molar refractivity (Wildman–Crippen MR) is 156 cm³/mol. The van der Waals surface area contributed by atoms with Crippen LogP contribution in [-0.4, -0.2) is 35.8 Å². The van der Waals surface area contributed by atoms with E-state index in [1.165, 1.54) is 38.5 Å². The summed E-state index contributed by atoms with van der Waals surface area (Å²) in [5.41, 5.74) is 1.30. The van der Waals surface area contributed by atoms with E-state index in [2.05, 4.69) is 48.5 Å². The first-order chi connectivity index (χ1) is 17.0. The Labute approximate surface area is 230 Å². The molecule has 0 aliphatic rings. The maximum atomic E-state index is 12.7. The molecule has 0 radical (unpaired) electrons. The molecule has 37 heavy (non-hydrogen) atoms. The van der Waals surface area contributed by atoms with E-state index < -0.39 is 11.8 Å². The van der Waals surface area contributed by atoms with Gasteiger partial charge < -0.3 is 14.2 Å². The fourth-order valence-electron chi connectivity index (χ4n) is 3.89. The molecule has 0 bridgehead atoms. The molecule has 0 N–H and O–H groups in total. The lowest BCUT2D eigenvalue weighted by Crippen LogP contribution is -2.28. The molecule has 0 aliphatic carbocycles. The Morgan fingerprint density at radius 3 is 1.84 bits per heavy atom. The monoisotopic (exact) mass is 536 g/mol. The van der Waals surface area contributed by atoms with Gasteiger partial charge in [0.25, 0.3) is 0 Å². The van der Waals surface area contributed by atoms with Gasteiger partial charge in [-0.05, 0) is 49.3 Å². The van der Waals surface area contributed by atoms with Gasteiger partial charge in [0.15, 0.2) is 0 Å². The number of benzene rings is 1. The highest BCUT2D eigenvalue weighted by Crippen LogP contribution is 2.41. The second kappa shape index (κ2) is 15.0. The van der Waals surface area contributed by atoms with Crippen molar-refractivity contribution >= 4 is 23.9 Å². The van der Waals surface area contributed by atoms with E-state index in [-0.39, 0.29) is 23.2 Å². The van der Waals surface area contributed by atoms with Gasteiger partial charge in [-0.1, -0.05) is 92.7 Å². The summed E-state index contributed by atoms with van der Waals surface area (Å²) in [5, 5.41) is 0. The van der Waals surface area contributed by atoms with E-state index in [9.17, 15) is 9.59 Å². The number of carbonyl (C=O) groups is 2. The summed E-state index contributed by atoms with van der Waals surface area (Å²) in [4.78, 5) is 25.3. The molecular weight excluding hydrogens is 484 g/mol. The fourth-order valence-corrected chi connectivity index (χ4v) is 4.70. The van der Waals surface area contributed by atoms with E-state index in [0.717, 1.165) is 28.2 Å². The van der Waals surface area contributed by atoms with Crippen LogP contribution in [-0.2, 0) is 31.5 Å². The highest BCUT2D eigenvalue weighted by atomic mass is 32.2. The number of carbonyl (C=O) groups excluding carboxylic acids is 2. The van der Waals surface area contributed by atoms with Crippen LogP contribution in [0.2, 0.25) is 0 Å². The maximum Gasteiger partial charge on any atom is 0.514 e. The van der Waals surface area contributed by atoms with Crippen molar-refractivity contribution < 1.29 is 23.8 Å². The number of unbranched alkanes of at least 4 members (excludes halogenated alkanes) is 5. The van der Waals surface area contributed by atoms with Gasteiger partial charge in [0, 0.05) is 16.9 Å². The number of hydrogen-bond acceptors (Lipinski definition) is 6. The zero-order chi connectivity index (χ0) is 28.3. The van der Waals surface area contributed by atoms with Crippen LogP contribution in [0.25, 0.3) is 0 Å². The first kappa shape index (κ1) is 33.3. The fraction of sp³-hybridized carbons (Fsp3) is 0.742. The van der Waals surface area contributed by atoms with Crippen molar-refractivity contribution in [2.24, 2.45) is 0 Å². The van der Waals surface area contributed by atoms with Crippen LogP contribution in [0.15, 0.2) is 12.1 Å². The summed E-state index contributed by atoms with van der Waals surface area (Å²) < 4.78 is 16.8. The third-order valence-corrected chi connectivity index (χ3v) is 6.85. The molecule has 0 fully saturated rings. The van der Waals surface area contributed by atoms with E-state index >= 15 is 0 Å². The molecule has 0 spiro atoms. The van der Waals surface area contributed by atoms with E-state index in [0.29, 0.717) is 12.4 Å². The van der Waals surface area contributed by atoms with Crippen LogP contribution in [0.5, 0.6) is 5.75 Å². The van der Waals surface area contributed by atoms with Crippen molar-refractivity contribution in [1.82, 2.24) is 0 Å². The number of thioether (sulfide) groups is 1. The molecular formula is C31H52O5S. The normalized spacial score (nSPS) is 12.4. The van der Waals surface area contributed by atoms with Gasteiger partial charge in [-0.2, -0.15) is 11.8 Å². The summed E-state index contributed by atoms with van der Waals surface area (Å²) in [7, 11) is 0. The standard InChI is InChI=1S/C31H52O5S/c1-11-12-13-14-15-16-18-37-19-17-34-26(32)22-23-20-24(29(2,3)4)27(25(21-23)30(5,6)7)35-28(33)36-31(8,9)10/h20-21H,11-19,22H2,1-10H3. The van der Waals surface area contributed by atoms with Crippen LogP contribution >= 0.6 is 11.8 Å². The van der Waals surface area contributed by atoms with Crippen LogP contribution in [0.1, 0.15) is 124 Å². The molecule has 0 saturated heterocycles. The molecule has 0 saturated carbocycles. The average molecular weight is 537 g/mol. The van der Waals surface area contributed by atoms with Crippen molar-refractivity contribution in [3.05, 3.63) is 28.8 Å². The lowest BCUT2D eigenvalue weighted by molar-refractivity contribution is -0.142. The Bertz CT molecular complexity index is 821. The highest BCUT2D eigenvalue weighted by Gasteiger charge is 2.31. The van der Waals surface area contributed by atoms with Crippen molar-refractivity contribution in [3.63, 3.8) is 0 Å². The molecule has 0 unspecified atom stereocenters. The number of rotatable bonds is 13. The zero-order valence-electron chi connectivity index (χ0n) is 25.2. The number of esters is 1. The van der Waals surface area contributed by atoms with Gasteiger partial charge in [0.1, 0.15) is 18.0 Å². The molecule has 6 heteroatoms. The Balaban J connectivity index is 2.87. The van der Waals surface area contributed by atoms with Gasteiger partial charge in [0.05, 0.1) is 6.42 Å². The van der Waals surface area contributed by atoms with E-state index in [1.54, 1.807) is 0 Å². The molecule has 0 aromatic heterocycles. The lowest BCUT2D eigenvalue weighted by atomic mass is 9.78. The predicted octanol–water partition coefficient (Wildman–Crippen LogP) is 8.77. The smallest absolute Gasteiger partial charge is 0.465 e. The van der Waals surface area contributed by atoms with Crippen LogP contribution in [0.4, 0.5) is 4.79 Å². The summed E-state index contributed by atoms with van der Waals surface area (Å²) in [6.07, 6.45) is 7.22. The average Bonchev–Trinajstić information content (AvgIpc) is 2.73. The van der Waals surface area contributed by atoms with Gasteiger partial charge in [-0.15, -0.1) is 0 Å². The third kappa shape index (κ3) is 13.6. The largest absolute Gasteiger partial charge is 0.514 e. The van der Waals surface area contributed by atoms with Gasteiger partial charge in [0.2, 0.25) is 0 Å². The topological polar surface area (TPSA) is 61.8 Å². The molecule has 212 valence electrons. The molecule has 1 aromatic carbocycles. The number of ether oxygens (including phenoxy) is 3. The molecule has 0 heterocycles. The van der Waals surface area contributed by atoms with Gasteiger partial charge in [-0.3, -0.25) is 4.79 Å². The molecule has 5 nitrogen and oxygen atoms in total. The van der Waals surface area contributed by atoms with E-state index in [4.69, 9.17) is 14.2 Å². The van der Waals surface area contributed by atoms with Gasteiger partial charge >= 0.3 is 12.1 Å². The Morgan fingerprint density at radius 1 is 0.784 bits per heavy atom. The Hall–Kier alpha value is -1.69. The van der Waals surface area contributed by atoms with Crippen molar-refractivity contribution in [3.8, 4) is 5.75 Å². The van der Waals surface area contributed by atoms with Crippen molar-refractivity contribution in [2.45, 2.75) is 131 Å². The Morgan fingerprint density at radius 2 is 1.32 bits per heavy atom. The quantitative estimate of drug-likeness (QED) is 0.143. The van der Waals surface area contributed by atoms with Crippen molar-refractivity contribution in [2.75, 3.05) is 18.1 Å². The molecule has 0 aliphatic heterocycles. The summed E-state index contributed by atoms with van der Waals surface area (Å²) in [5.74, 6) is 2.22. The van der Waals surface area contributed by atoms with Crippen LogP contribution in [0, 0.1) is 0 Å². The third-order valence-electron chi connectivity index (χ3n) is 5.82. The molecule has 0 amide bonds. The first-order valence-electron chi connectivity index (χ1n) is 13.9. The van der Waals surface area contributed by atoms with Gasteiger partial charge in [-0.25, -0.2) is 4.79 Å².